The summed E-state index contributed by atoms with van der Waals surface area (Å²) in [5, 5.41) is 4.78. The number of carbonyl (C=O) groups excluding carboxylic acids is 2. The third kappa shape index (κ3) is 5.63. The molecule has 3 rings (SSSR count). The van der Waals surface area contributed by atoms with E-state index in [4.69, 9.17) is 4.74 Å². The Bertz CT molecular complexity index is 1050. The Balaban J connectivity index is 1.55. The minimum Gasteiger partial charge on any atom is -0.359 e. The number of carbonyl (C=O) groups is 2. The lowest BCUT2D eigenvalue weighted by atomic mass is 10.1. The van der Waals surface area contributed by atoms with Crippen LogP contribution in [0.3, 0.4) is 0 Å². The van der Waals surface area contributed by atoms with Gasteiger partial charge in [0.2, 0.25) is 10.0 Å². The van der Waals surface area contributed by atoms with Crippen LogP contribution in [0.15, 0.2) is 53.4 Å². The predicted octanol–water partition coefficient (Wildman–Crippen LogP) is 0.787. The van der Waals surface area contributed by atoms with Crippen LogP contribution >= 0.6 is 0 Å². The smallest absolute Gasteiger partial charge is 0.309 e. The SMILES string of the molecule is O=C(NCCc1ccccc1)C(=O)NC[C@@H]1OCCN1S(=O)(=O)c1cc(F)ccc1F. The standard InChI is InChI=1S/C20H21F2N3O5S/c21-15-6-7-16(22)17(12-15)31(28,29)25-10-11-30-18(25)13-24-20(27)19(26)23-9-8-14-4-2-1-3-5-14/h1-7,12,18H,8-11,13H2,(H,23,26)(H,24,27)/t18-/m0/s1. The Hall–Kier alpha value is -2.89. The van der Waals surface area contributed by atoms with E-state index in [9.17, 15) is 26.8 Å². The number of nitrogens with one attached hydrogen (secondary N) is 2. The molecule has 0 aromatic heterocycles. The van der Waals surface area contributed by atoms with Crippen LogP contribution in [-0.2, 0) is 30.8 Å². The molecule has 1 heterocycles. The predicted molar refractivity (Wildman–Crippen MR) is 106 cm³/mol. The highest BCUT2D eigenvalue weighted by Gasteiger charge is 2.38. The second kappa shape index (κ2) is 9.94. The van der Waals surface area contributed by atoms with E-state index in [2.05, 4.69) is 10.6 Å². The summed E-state index contributed by atoms with van der Waals surface area (Å²) in [6.45, 7) is -0.196. The summed E-state index contributed by atoms with van der Waals surface area (Å²) in [4.78, 5) is 23.1. The number of rotatable bonds is 7. The maximum Gasteiger partial charge on any atom is 0.309 e. The van der Waals surface area contributed by atoms with E-state index in [0.29, 0.717) is 12.5 Å². The third-order valence-corrected chi connectivity index (χ3v) is 6.51. The summed E-state index contributed by atoms with van der Waals surface area (Å²) in [7, 11) is -4.41. The first-order chi connectivity index (χ1) is 14.8. The van der Waals surface area contributed by atoms with Gasteiger partial charge in [-0.05, 0) is 30.2 Å². The molecule has 0 bridgehead atoms. The summed E-state index contributed by atoms with van der Waals surface area (Å²) < 4.78 is 59.0. The van der Waals surface area contributed by atoms with Crippen LogP contribution in [0, 0.1) is 11.6 Å². The van der Waals surface area contributed by atoms with Crippen LogP contribution in [0.2, 0.25) is 0 Å². The maximum atomic E-state index is 14.0. The zero-order valence-electron chi connectivity index (χ0n) is 16.4. The molecule has 0 saturated carbocycles. The number of halogens is 2. The molecule has 2 aromatic carbocycles. The van der Waals surface area contributed by atoms with Gasteiger partial charge < -0.3 is 15.4 Å². The van der Waals surface area contributed by atoms with Crippen LogP contribution in [0.25, 0.3) is 0 Å². The molecule has 1 atom stereocenters. The zero-order chi connectivity index (χ0) is 22.4. The average molecular weight is 453 g/mol. The lowest BCUT2D eigenvalue weighted by Gasteiger charge is -2.23. The highest BCUT2D eigenvalue weighted by Crippen LogP contribution is 2.24. The highest BCUT2D eigenvalue weighted by molar-refractivity contribution is 7.89. The number of hydrogen-bond acceptors (Lipinski definition) is 5. The van der Waals surface area contributed by atoms with E-state index in [0.717, 1.165) is 22.0 Å². The van der Waals surface area contributed by atoms with Crippen molar-refractivity contribution in [1.82, 2.24) is 14.9 Å². The summed E-state index contributed by atoms with van der Waals surface area (Å²) >= 11 is 0. The number of amides is 2. The zero-order valence-corrected chi connectivity index (χ0v) is 17.2. The topological polar surface area (TPSA) is 105 Å². The Morgan fingerprint density at radius 3 is 2.52 bits per heavy atom. The van der Waals surface area contributed by atoms with E-state index in [1.807, 2.05) is 30.3 Å². The van der Waals surface area contributed by atoms with Gasteiger partial charge in [-0.25, -0.2) is 17.2 Å². The van der Waals surface area contributed by atoms with Crippen LogP contribution < -0.4 is 10.6 Å². The van der Waals surface area contributed by atoms with Gasteiger partial charge in [-0.15, -0.1) is 0 Å². The lowest BCUT2D eigenvalue weighted by Crippen LogP contribution is -2.47. The molecule has 0 spiro atoms. The average Bonchev–Trinajstić information content (AvgIpc) is 3.24. The monoisotopic (exact) mass is 453 g/mol. The lowest BCUT2D eigenvalue weighted by molar-refractivity contribution is -0.139. The highest BCUT2D eigenvalue weighted by atomic mass is 32.2. The van der Waals surface area contributed by atoms with Crippen LogP contribution in [0.4, 0.5) is 8.78 Å². The van der Waals surface area contributed by atoms with E-state index < -0.39 is 44.6 Å². The molecule has 2 aromatic rings. The molecular weight excluding hydrogens is 432 g/mol. The van der Waals surface area contributed by atoms with Crippen molar-refractivity contribution in [1.29, 1.82) is 0 Å². The molecule has 31 heavy (non-hydrogen) atoms. The molecule has 0 radical (unpaired) electrons. The fraction of sp³-hybridized carbons (Fsp3) is 0.300. The summed E-state index contributed by atoms with van der Waals surface area (Å²) in [5.41, 5.74) is 0.994. The van der Waals surface area contributed by atoms with Gasteiger partial charge in [0.25, 0.3) is 0 Å². The summed E-state index contributed by atoms with van der Waals surface area (Å²) in [6, 6.07) is 11.5. The van der Waals surface area contributed by atoms with Crippen molar-refractivity contribution in [3.63, 3.8) is 0 Å². The van der Waals surface area contributed by atoms with Gasteiger partial charge in [0, 0.05) is 13.1 Å². The minimum atomic E-state index is -4.41. The Morgan fingerprint density at radius 1 is 1.06 bits per heavy atom. The number of sulfonamides is 1. The first-order valence-electron chi connectivity index (χ1n) is 9.47. The summed E-state index contributed by atoms with van der Waals surface area (Å²) in [5.74, 6) is -3.84. The quantitative estimate of drug-likeness (QED) is 0.603. The van der Waals surface area contributed by atoms with Crippen LogP contribution in [-0.4, -0.2) is 57.0 Å². The Morgan fingerprint density at radius 2 is 1.77 bits per heavy atom. The van der Waals surface area contributed by atoms with Crippen molar-refractivity contribution in [2.24, 2.45) is 0 Å². The maximum absolute atomic E-state index is 14.0. The molecule has 1 aliphatic heterocycles. The molecule has 0 unspecified atom stereocenters. The van der Waals surface area contributed by atoms with Gasteiger partial charge >= 0.3 is 11.8 Å². The van der Waals surface area contributed by atoms with Gasteiger partial charge in [0.15, 0.2) is 0 Å². The fourth-order valence-electron chi connectivity index (χ4n) is 3.05. The first-order valence-corrected chi connectivity index (χ1v) is 10.9. The van der Waals surface area contributed by atoms with Gasteiger partial charge in [-0.1, -0.05) is 30.3 Å². The molecule has 1 saturated heterocycles. The van der Waals surface area contributed by atoms with Gasteiger partial charge in [0.1, 0.15) is 22.8 Å². The van der Waals surface area contributed by atoms with Crippen molar-refractivity contribution >= 4 is 21.8 Å². The molecule has 11 heteroatoms. The van der Waals surface area contributed by atoms with Crippen molar-refractivity contribution in [3.05, 3.63) is 65.7 Å². The Labute approximate surface area is 178 Å². The van der Waals surface area contributed by atoms with Crippen molar-refractivity contribution in [2.45, 2.75) is 17.5 Å². The second-order valence-electron chi connectivity index (χ2n) is 6.72. The fourth-order valence-corrected chi connectivity index (χ4v) is 4.64. The van der Waals surface area contributed by atoms with Gasteiger partial charge in [-0.2, -0.15) is 4.31 Å². The van der Waals surface area contributed by atoms with Crippen LogP contribution in [0.5, 0.6) is 0 Å². The van der Waals surface area contributed by atoms with E-state index in [1.165, 1.54) is 0 Å². The van der Waals surface area contributed by atoms with Gasteiger partial charge in [0.05, 0.1) is 13.2 Å². The van der Waals surface area contributed by atoms with Crippen LogP contribution in [0.1, 0.15) is 5.56 Å². The number of hydrogen-bond donors (Lipinski definition) is 2. The largest absolute Gasteiger partial charge is 0.359 e. The first kappa shape index (κ1) is 22.8. The van der Waals surface area contributed by atoms with Crippen molar-refractivity contribution < 1.29 is 31.5 Å². The molecule has 2 N–H and O–H groups in total. The molecule has 0 aliphatic carbocycles. The summed E-state index contributed by atoms with van der Waals surface area (Å²) in [6.07, 6.45) is -0.620. The molecule has 2 amide bonds. The molecule has 8 nitrogen and oxygen atoms in total. The number of ether oxygens (including phenoxy) is 1. The number of benzene rings is 2. The molecule has 1 fully saturated rings. The van der Waals surface area contributed by atoms with Crippen molar-refractivity contribution in [2.75, 3.05) is 26.2 Å². The van der Waals surface area contributed by atoms with Crippen molar-refractivity contribution in [3.8, 4) is 0 Å². The third-order valence-electron chi connectivity index (χ3n) is 4.61. The molecule has 1 aliphatic rings. The number of nitrogens with zero attached hydrogens (tertiary/aromatic N) is 1. The Kier molecular flexibility index (Phi) is 7.31. The minimum absolute atomic E-state index is 0.0000258. The van der Waals surface area contributed by atoms with E-state index >= 15 is 0 Å². The van der Waals surface area contributed by atoms with Gasteiger partial charge in [-0.3, -0.25) is 9.59 Å². The molecule has 166 valence electrons. The van der Waals surface area contributed by atoms with E-state index in [1.54, 1.807) is 0 Å². The second-order valence-corrected chi connectivity index (χ2v) is 8.58. The van der Waals surface area contributed by atoms with E-state index in [-0.39, 0.29) is 26.2 Å². The normalized spacial score (nSPS) is 16.8. The molecular formula is C20H21F2N3O5S.